The van der Waals surface area contributed by atoms with E-state index in [0.29, 0.717) is 0 Å². The molecular formula is C17H17N3S. The van der Waals surface area contributed by atoms with Crippen molar-refractivity contribution in [1.82, 2.24) is 15.3 Å². The molecule has 0 bridgehead atoms. The largest absolute Gasteiger partial charge is 0.306 e. The zero-order chi connectivity index (χ0) is 14.5. The molecule has 1 N–H and O–H groups in total. The van der Waals surface area contributed by atoms with Gasteiger partial charge in [-0.3, -0.25) is 0 Å². The minimum Gasteiger partial charge on any atom is -0.306 e. The first-order valence-electron chi connectivity index (χ1n) is 6.94. The van der Waals surface area contributed by atoms with Crippen molar-refractivity contribution in [3.05, 3.63) is 71.1 Å². The van der Waals surface area contributed by atoms with Crippen LogP contribution in [0.15, 0.2) is 54.7 Å². The standard InChI is InChI=1S/C17H17N3S/c1-13-19-10-9-15(20-13)11-18-12-16-7-8-17(21-16)14-5-3-2-4-6-14/h2-10,18H,11-12H2,1H3. The van der Waals surface area contributed by atoms with Crippen LogP contribution in [-0.2, 0) is 13.1 Å². The fraction of sp³-hybridized carbons (Fsp3) is 0.176. The minimum atomic E-state index is 0.766. The van der Waals surface area contributed by atoms with Gasteiger partial charge in [0.1, 0.15) is 5.82 Å². The molecule has 0 aliphatic carbocycles. The van der Waals surface area contributed by atoms with Gasteiger partial charge in [-0.05, 0) is 30.7 Å². The monoisotopic (exact) mass is 295 g/mol. The van der Waals surface area contributed by atoms with Gasteiger partial charge in [0, 0.05) is 29.0 Å². The smallest absolute Gasteiger partial charge is 0.125 e. The highest BCUT2D eigenvalue weighted by Crippen LogP contribution is 2.27. The lowest BCUT2D eigenvalue weighted by molar-refractivity contribution is 0.681. The lowest BCUT2D eigenvalue weighted by Crippen LogP contribution is -2.13. The van der Waals surface area contributed by atoms with Gasteiger partial charge in [0.05, 0.1) is 5.69 Å². The Balaban J connectivity index is 1.58. The first-order chi connectivity index (χ1) is 10.3. The lowest BCUT2D eigenvalue weighted by Gasteiger charge is -2.03. The molecule has 0 aliphatic heterocycles. The van der Waals surface area contributed by atoms with E-state index in [9.17, 15) is 0 Å². The third-order valence-corrected chi connectivity index (χ3v) is 4.29. The predicted octanol–water partition coefficient (Wildman–Crippen LogP) is 3.80. The molecule has 0 unspecified atom stereocenters. The van der Waals surface area contributed by atoms with Crippen molar-refractivity contribution in [3.63, 3.8) is 0 Å². The van der Waals surface area contributed by atoms with Crippen LogP contribution in [0, 0.1) is 6.92 Å². The van der Waals surface area contributed by atoms with Gasteiger partial charge in [0.15, 0.2) is 0 Å². The summed E-state index contributed by atoms with van der Waals surface area (Å²) in [6.07, 6.45) is 1.80. The summed E-state index contributed by atoms with van der Waals surface area (Å²) in [5.74, 6) is 0.816. The van der Waals surface area contributed by atoms with Gasteiger partial charge in [0.2, 0.25) is 0 Å². The average molecular weight is 295 g/mol. The van der Waals surface area contributed by atoms with E-state index < -0.39 is 0 Å². The Bertz CT molecular complexity index is 707. The zero-order valence-electron chi connectivity index (χ0n) is 11.9. The SMILES string of the molecule is Cc1nccc(CNCc2ccc(-c3ccccc3)s2)n1. The molecule has 0 radical (unpaired) electrons. The minimum absolute atomic E-state index is 0.766. The number of nitrogens with zero attached hydrogens (tertiary/aromatic N) is 2. The predicted molar refractivity (Wildman–Crippen MR) is 87.1 cm³/mol. The molecule has 0 saturated heterocycles. The summed E-state index contributed by atoms with van der Waals surface area (Å²) >= 11 is 1.83. The van der Waals surface area contributed by atoms with E-state index in [0.717, 1.165) is 24.6 Å². The highest BCUT2D eigenvalue weighted by Gasteiger charge is 2.02. The second-order valence-corrected chi connectivity index (χ2v) is 6.00. The van der Waals surface area contributed by atoms with Crippen LogP contribution in [0.2, 0.25) is 0 Å². The van der Waals surface area contributed by atoms with E-state index in [1.165, 1.54) is 15.3 Å². The normalized spacial score (nSPS) is 10.7. The summed E-state index contributed by atoms with van der Waals surface area (Å²) in [6, 6.07) is 16.8. The number of rotatable bonds is 5. The molecule has 0 saturated carbocycles. The molecule has 3 rings (SSSR count). The number of hydrogen-bond acceptors (Lipinski definition) is 4. The fourth-order valence-corrected chi connectivity index (χ4v) is 3.13. The highest BCUT2D eigenvalue weighted by molar-refractivity contribution is 7.15. The van der Waals surface area contributed by atoms with Crippen LogP contribution in [0.25, 0.3) is 10.4 Å². The Morgan fingerprint density at radius 1 is 1.00 bits per heavy atom. The molecule has 2 aromatic heterocycles. The molecule has 0 spiro atoms. The van der Waals surface area contributed by atoms with E-state index in [-0.39, 0.29) is 0 Å². The molecule has 3 nitrogen and oxygen atoms in total. The first kappa shape index (κ1) is 13.9. The molecule has 2 heterocycles. The van der Waals surface area contributed by atoms with Crippen LogP contribution < -0.4 is 5.32 Å². The maximum Gasteiger partial charge on any atom is 0.125 e. The first-order valence-corrected chi connectivity index (χ1v) is 7.76. The van der Waals surface area contributed by atoms with E-state index in [1.54, 1.807) is 6.20 Å². The topological polar surface area (TPSA) is 37.8 Å². The number of hydrogen-bond donors (Lipinski definition) is 1. The van der Waals surface area contributed by atoms with E-state index in [4.69, 9.17) is 0 Å². The van der Waals surface area contributed by atoms with Crippen molar-refractivity contribution in [2.24, 2.45) is 0 Å². The molecule has 21 heavy (non-hydrogen) atoms. The van der Waals surface area contributed by atoms with Crippen LogP contribution >= 0.6 is 11.3 Å². The number of aryl methyl sites for hydroxylation is 1. The van der Waals surface area contributed by atoms with Crippen LogP contribution in [-0.4, -0.2) is 9.97 Å². The summed E-state index contributed by atoms with van der Waals surface area (Å²) in [5.41, 5.74) is 2.31. The maximum absolute atomic E-state index is 4.39. The third-order valence-electron chi connectivity index (χ3n) is 3.16. The maximum atomic E-state index is 4.39. The van der Waals surface area contributed by atoms with Crippen LogP contribution in [0.3, 0.4) is 0 Å². The third kappa shape index (κ3) is 3.74. The van der Waals surface area contributed by atoms with Gasteiger partial charge in [-0.25, -0.2) is 9.97 Å². The summed E-state index contributed by atoms with van der Waals surface area (Å²) in [5, 5.41) is 3.43. The molecular weight excluding hydrogens is 278 g/mol. The quantitative estimate of drug-likeness (QED) is 0.778. The summed E-state index contributed by atoms with van der Waals surface area (Å²) in [6.45, 7) is 3.54. The fourth-order valence-electron chi connectivity index (χ4n) is 2.15. The van der Waals surface area contributed by atoms with Gasteiger partial charge in [-0.1, -0.05) is 30.3 Å². The van der Waals surface area contributed by atoms with Crippen molar-refractivity contribution in [2.75, 3.05) is 0 Å². The Hall–Kier alpha value is -2.04. The van der Waals surface area contributed by atoms with Gasteiger partial charge >= 0.3 is 0 Å². The summed E-state index contributed by atoms with van der Waals surface area (Å²) < 4.78 is 0. The molecule has 3 aromatic rings. The highest BCUT2D eigenvalue weighted by atomic mass is 32.1. The van der Waals surface area contributed by atoms with Crippen LogP contribution in [0.5, 0.6) is 0 Å². The van der Waals surface area contributed by atoms with Crippen LogP contribution in [0.4, 0.5) is 0 Å². The Labute approximate surface area is 128 Å². The molecule has 0 amide bonds. The Morgan fingerprint density at radius 2 is 1.86 bits per heavy atom. The lowest BCUT2D eigenvalue weighted by atomic mass is 10.2. The van der Waals surface area contributed by atoms with Gasteiger partial charge in [0.25, 0.3) is 0 Å². The number of thiophene rings is 1. The average Bonchev–Trinajstić information content (AvgIpc) is 2.97. The molecule has 0 fully saturated rings. The number of benzene rings is 1. The van der Waals surface area contributed by atoms with Crippen molar-refractivity contribution in [2.45, 2.75) is 20.0 Å². The van der Waals surface area contributed by atoms with Crippen molar-refractivity contribution in [3.8, 4) is 10.4 Å². The Kier molecular flexibility index (Phi) is 4.38. The molecule has 1 aromatic carbocycles. The second-order valence-electron chi connectivity index (χ2n) is 4.83. The van der Waals surface area contributed by atoms with Crippen molar-refractivity contribution >= 4 is 11.3 Å². The van der Waals surface area contributed by atoms with Crippen LogP contribution in [0.1, 0.15) is 16.4 Å². The summed E-state index contributed by atoms with van der Waals surface area (Å²) in [7, 11) is 0. The van der Waals surface area contributed by atoms with Gasteiger partial charge in [-0.2, -0.15) is 0 Å². The zero-order valence-corrected chi connectivity index (χ0v) is 12.7. The molecule has 0 atom stereocenters. The molecule has 4 heteroatoms. The van der Waals surface area contributed by atoms with Crippen molar-refractivity contribution in [1.29, 1.82) is 0 Å². The second kappa shape index (κ2) is 6.61. The number of nitrogens with one attached hydrogen (secondary N) is 1. The molecule has 0 aliphatic rings. The summed E-state index contributed by atoms with van der Waals surface area (Å²) in [4.78, 5) is 11.1. The van der Waals surface area contributed by atoms with E-state index in [1.807, 2.05) is 30.4 Å². The van der Waals surface area contributed by atoms with Gasteiger partial charge in [-0.15, -0.1) is 11.3 Å². The number of aromatic nitrogens is 2. The van der Waals surface area contributed by atoms with E-state index >= 15 is 0 Å². The molecule has 106 valence electrons. The van der Waals surface area contributed by atoms with E-state index in [2.05, 4.69) is 51.7 Å². The van der Waals surface area contributed by atoms with Gasteiger partial charge < -0.3 is 5.32 Å². The van der Waals surface area contributed by atoms with Crippen molar-refractivity contribution < 1.29 is 0 Å². The Morgan fingerprint density at radius 3 is 2.67 bits per heavy atom.